The van der Waals surface area contributed by atoms with Gasteiger partial charge >= 0.3 is 0 Å². The molecular formula is C19H18FN3O5S. The largest absolute Gasteiger partial charge is 0.496 e. The lowest BCUT2D eigenvalue weighted by Gasteiger charge is -2.14. The van der Waals surface area contributed by atoms with Gasteiger partial charge in [0.15, 0.2) is 5.82 Å². The van der Waals surface area contributed by atoms with Crippen LogP contribution in [0.5, 0.6) is 5.75 Å². The molecule has 3 rings (SSSR count). The molecule has 1 aliphatic heterocycles. The third kappa shape index (κ3) is 4.54. The SMILES string of the molecule is COc1ccc(S(=O)(=O)NC2CCOC2)cc1C(=O)Nc1cccc(C#N)c1F. The molecule has 1 fully saturated rings. The Kier molecular flexibility index (Phi) is 6.12. The number of nitrogens with one attached hydrogen (secondary N) is 2. The molecule has 2 aromatic rings. The minimum Gasteiger partial charge on any atom is -0.496 e. The van der Waals surface area contributed by atoms with E-state index < -0.39 is 21.7 Å². The standard InChI is InChI=1S/C19H18FN3O5S/c1-27-17-6-5-14(29(25,26)23-13-7-8-28-11-13)9-15(17)19(24)22-16-4-2-3-12(10-21)18(16)20/h2-6,9,13,23H,7-8,11H2,1H3,(H,22,24). The average Bonchev–Trinajstić information content (AvgIpc) is 3.21. The molecular weight excluding hydrogens is 401 g/mol. The molecule has 152 valence electrons. The third-order valence-corrected chi connectivity index (χ3v) is 5.86. The maximum atomic E-state index is 14.2. The zero-order valence-corrected chi connectivity index (χ0v) is 16.3. The monoisotopic (exact) mass is 419 g/mol. The van der Waals surface area contributed by atoms with Crippen LogP contribution in [0.1, 0.15) is 22.3 Å². The molecule has 2 aromatic carbocycles. The van der Waals surface area contributed by atoms with Crippen molar-refractivity contribution < 1.29 is 27.1 Å². The van der Waals surface area contributed by atoms with Crippen molar-refractivity contribution in [3.05, 3.63) is 53.3 Å². The summed E-state index contributed by atoms with van der Waals surface area (Å²) in [7, 11) is -2.57. The molecule has 1 amide bonds. The predicted octanol–water partition coefficient (Wildman–Crippen LogP) is 2.03. The number of nitrogens with zero attached hydrogens (tertiary/aromatic N) is 1. The predicted molar refractivity (Wildman–Crippen MR) is 102 cm³/mol. The number of carbonyl (C=O) groups excluding carboxylic acids is 1. The highest BCUT2D eigenvalue weighted by Crippen LogP contribution is 2.25. The topological polar surface area (TPSA) is 118 Å². The molecule has 0 aliphatic carbocycles. The molecule has 8 nitrogen and oxygen atoms in total. The Morgan fingerprint density at radius 2 is 2.14 bits per heavy atom. The van der Waals surface area contributed by atoms with Gasteiger partial charge in [-0.05, 0) is 36.8 Å². The number of halogens is 1. The van der Waals surface area contributed by atoms with E-state index in [-0.39, 0.29) is 40.1 Å². The van der Waals surface area contributed by atoms with Crippen LogP contribution in [0.25, 0.3) is 0 Å². The quantitative estimate of drug-likeness (QED) is 0.740. The van der Waals surface area contributed by atoms with Crippen LogP contribution in [-0.4, -0.2) is 40.7 Å². The number of rotatable bonds is 6. The van der Waals surface area contributed by atoms with Crippen LogP contribution in [0.4, 0.5) is 10.1 Å². The molecule has 0 radical (unpaired) electrons. The van der Waals surface area contributed by atoms with Gasteiger partial charge in [0.1, 0.15) is 11.8 Å². The summed E-state index contributed by atoms with van der Waals surface area (Å²) in [5.41, 5.74) is -0.528. The first-order chi connectivity index (χ1) is 13.9. The van der Waals surface area contributed by atoms with Crippen LogP contribution in [0, 0.1) is 17.1 Å². The molecule has 1 atom stereocenters. The van der Waals surface area contributed by atoms with Crippen molar-refractivity contribution in [3.8, 4) is 11.8 Å². The van der Waals surface area contributed by atoms with Crippen LogP contribution in [-0.2, 0) is 14.8 Å². The second-order valence-electron chi connectivity index (χ2n) is 6.28. The number of amides is 1. The summed E-state index contributed by atoms with van der Waals surface area (Å²) in [6.45, 7) is 0.744. The van der Waals surface area contributed by atoms with Crippen LogP contribution >= 0.6 is 0 Å². The van der Waals surface area contributed by atoms with Crippen molar-refractivity contribution in [1.82, 2.24) is 4.72 Å². The van der Waals surface area contributed by atoms with Gasteiger partial charge in [0.2, 0.25) is 10.0 Å². The van der Waals surface area contributed by atoms with Crippen molar-refractivity contribution in [2.45, 2.75) is 17.4 Å². The number of methoxy groups -OCH3 is 1. The van der Waals surface area contributed by atoms with Gasteiger partial charge < -0.3 is 14.8 Å². The first-order valence-corrected chi connectivity index (χ1v) is 10.1. The first kappa shape index (κ1) is 20.7. The van der Waals surface area contributed by atoms with Gasteiger partial charge in [0.05, 0.1) is 35.4 Å². The molecule has 1 aliphatic rings. The highest BCUT2D eigenvalue weighted by Gasteiger charge is 2.25. The van der Waals surface area contributed by atoms with Crippen LogP contribution < -0.4 is 14.8 Å². The molecule has 29 heavy (non-hydrogen) atoms. The van der Waals surface area contributed by atoms with E-state index in [4.69, 9.17) is 14.7 Å². The molecule has 1 unspecified atom stereocenters. The van der Waals surface area contributed by atoms with E-state index in [0.717, 1.165) is 6.07 Å². The number of carbonyl (C=O) groups is 1. The Morgan fingerprint density at radius 1 is 1.34 bits per heavy atom. The van der Waals surface area contributed by atoms with E-state index in [2.05, 4.69) is 10.0 Å². The normalized spacial score (nSPS) is 16.2. The molecule has 10 heteroatoms. The van der Waals surface area contributed by atoms with E-state index in [1.165, 1.54) is 37.4 Å². The Bertz CT molecular complexity index is 1080. The number of hydrogen-bond acceptors (Lipinski definition) is 6. The second kappa shape index (κ2) is 8.57. The van der Waals surface area contributed by atoms with Gasteiger partial charge in [-0.25, -0.2) is 17.5 Å². The Hall–Kier alpha value is -3.00. The van der Waals surface area contributed by atoms with Crippen molar-refractivity contribution in [2.24, 2.45) is 0 Å². The summed E-state index contributed by atoms with van der Waals surface area (Å²) < 4.78 is 52.3. The molecule has 0 aromatic heterocycles. The van der Waals surface area contributed by atoms with Crippen LogP contribution in [0.15, 0.2) is 41.3 Å². The summed E-state index contributed by atoms with van der Waals surface area (Å²) in [6.07, 6.45) is 0.553. The van der Waals surface area contributed by atoms with Gasteiger partial charge in [0.25, 0.3) is 5.91 Å². The Morgan fingerprint density at radius 3 is 2.79 bits per heavy atom. The van der Waals surface area contributed by atoms with Gasteiger partial charge in [-0.1, -0.05) is 6.07 Å². The van der Waals surface area contributed by atoms with Crippen molar-refractivity contribution in [3.63, 3.8) is 0 Å². The van der Waals surface area contributed by atoms with E-state index in [0.29, 0.717) is 13.0 Å². The smallest absolute Gasteiger partial charge is 0.259 e. The Balaban J connectivity index is 1.91. The highest BCUT2D eigenvalue weighted by atomic mass is 32.2. The fraction of sp³-hybridized carbons (Fsp3) is 0.263. The maximum Gasteiger partial charge on any atom is 0.259 e. The second-order valence-corrected chi connectivity index (χ2v) is 7.99. The van der Waals surface area contributed by atoms with Crippen LogP contribution in [0.3, 0.4) is 0 Å². The number of ether oxygens (including phenoxy) is 2. The lowest BCUT2D eigenvalue weighted by molar-refractivity contribution is 0.102. The Labute approximate surface area is 167 Å². The number of sulfonamides is 1. The van der Waals surface area contributed by atoms with Crippen LogP contribution in [0.2, 0.25) is 0 Å². The summed E-state index contributed by atoms with van der Waals surface area (Å²) in [5, 5.41) is 11.3. The van der Waals surface area contributed by atoms with Gasteiger partial charge in [-0.15, -0.1) is 0 Å². The van der Waals surface area contributed by atoms with Crippen molar-refractivity contribution >= 4 is 21.6 Å². The molecule has 1 heterocycles. The summed E-state index contributed by atoms with van der Waals surface area (Å²) in [6, 6.07) is 9.13. The van der Waals surface area contributed by atoms with E-state index in [1.54, 1.807) is 6.07 Å². The van der Waals surface area contributed by atoms with Crippen molar-refractivity contribution in [1.29, 1.82) is 5.26 Å². The fourth-order valence-corrected chi connectivity index (χ4v) is 4.13. The maximum absolute atomic E-state index is 14.2. The highest BCUT2D eigenvalue weighted by molar-refractivity contribution is 7.89. The van der Waals surface area contributed by atoms with Crippen molar-refractivity contribution in [2.75, 3.05) is 25.6 Å². The summed E-state index contributed by atoms with van der Waals surface area (Å²) in [5.74, 6) is -1.55. The number of anilines is 1. The van der Waals surface area contributed by atoms with E-state index in [9.17, 15) is 17.6 Å². The first-order valence-electron chi connectivity index (χ1n) is 8.64. The van der Waals surface area contributed by atoms with Gasteiger partial charge in [-0.3, -0.25) is 4.79 Å². The average molecular weight is 419 g/mol. The third-order valence-electron chi connectivity index (χ3n) is 4.34. The summed E-state index contributed by atoms with van der Waals surface area (Å²) >= 11 is 0. The molecule has 0 saturated carbocycles. The zero-order valence-electron chi connectivity index (χ0n) is 15.4. The van der Waals surface area contributed by atoms with Gasteiger partial charge in [0, 0.05) is 12.6 Å². The molecule has 0 spiro atoms. The lowest BCUT2D eigenvalue weighted by Crippen LogP contribution is -2.35. The number of benzene rings is 2. The van der Waals surface area contributed by atoms with E-state index >= 15 is 0 Å². The molecule has 2 N–H and O–H groups in total. The van der Waals surface area contributed by atoms with E-state index in [1.807, 2.05) is 0 Å². The minimum atomic E-state index is -3.90. The minimum absolute atomic E-state index is 0.0974. The molecule has 0 bridgehead atoms. The zero-order chi connectivity index (χ0) is 21.0. The number of nitriles is 1. The van der Waals surface area contributed by atoms with Gasteiger partial charge in [-0.2, -0.15) is 5.26 Å². The number of hydrogen-bond donors (Lipinski definition) is 2. The lowest BCUT2D eigenvalue weighted by atomic mass is 10.1. The fourth-order valence-electron chi connectivity index (χ4n) is 2.85. The molecule has 1 saturated heterocycles. The summed E-state index contributed by atoms with van der Waals surface area (Å²) in [4.78, 5) is 12.6.